The monoisotopic (exact) mass is 610 g/mol. The van der Waals surface area contributed by atoms with Gasteiger partial charge in [0.15, 0.2) is 0 Å². The molecule has 0 saturated heterocycles. The highest BCUT2D eigenvalue weighted by Crippen LogP contribution is 2.41. The smallest absolute Gasteiger partial charge is 0.0992 e. The molecule has 9 rings (SSSR count). The summed E-state index contributed by atoms with van der Waals surface area (Å²) in [6.07, 6.45) is 0. The number of para-hydroxylation sites is 4. The van der Waals surface area contributed by atoms with Crippen LogP contribution in [0.15, 0.2) is 158 Å². The molecule has 222 valence electrons. The fraction of sp³-hybridized carbons (Fsp3) is 0. The lowest BCUT2D eigenvalue weighted by molar-refractivity contribution is 1.17. The van der Waals surface area contributed by atoms with E-state index >= 15 is 0 Å². The van der Waals surface area contributed by atoms with Crippen LogP contribution in [0.2, 0.25) is 0 Å². The summed E-state index contributed by atoms with van der Waals surface area (Å²) in [7, 11) is 0. The number of fused-ring (bicyclic) bond motifs is 6. The van der Waals surface area contributed by atoms with Crippen molar-refractivity contribution in [3.8, 4) is 45.8 Å². The van der Waals surface area contributed by atoms with Gasteiger partial charge >= 0.3 is 0 Å². The minimum Gasteiger partial charge on any atom is -0.309 e. The Morgan fingerprint density at radius 1 is 0.375 bits per heavy atom. The van der Waals surface area contributed by atoms with Gasteiger partial charge in [0, 0.05) is 32.8 Å². The summed E-state index contributed by atoms with van der Waals surface area (Å²) in [6, 6.07) is 59.0. The highest BCUT2D eigenvalue weighted by Gasteiger charge is 2.19. The summed E-state index contributed by atoms with van der Waals surface area (Å²) in [5, 5.41) is 24.6. The predicted molar refractivity (Wildman–Crippen MR) is 195 cm³/mol. The molecule has 0 aliphatic carbocycles. The topological polar surface area (TPSA) is 57.4 Å². The van der Waals surface area contributed by atoms with Gasteiger partial charge in [-0.15, -0.1) is 0 Å². The number of hydrogen-bond acceptors (Lipinski definition) is 2. The van der Waals surface area contributed by atoms with Gasteiger partial charge in [-0.2, -0.15) is 10.5 Å². The minimum absolute atomic E-state index is 0.565. The van der Waals surface area contributed by atoms with Crippen LogP contribution in [0.3, 0.4) is 0 Å². The van der Waals surface area contributed by atoms with Gasteiger partial charge in [-0.25, -0.2) is 0 Å². The van der Waals surface area contributed by atoms with Crippen molar-refractivity contribution in [1.29, 1.82) is 10.5 Å². The first kappa shape index (κ1) is 27.4. The standard InChI is InChI=1S/C44H26N4/c45-27-29-21-22-39-38-16-4-7-17-40(38)47(44(39)25-29)32-24-30(28-46)23-31(26-32)33-11-1-2-12-34(33)35-13-3-8-18-41(35)48-42-19-9-5-14-36(42)37-15-6-10-20-43(37)48/h1-26H. The van der Waals surface area contributed by atoms with Crippen molar-refractivity contribution in [2.75, 3.05) is 0 Å². The highest BCUT2D eigenvalue weighted by atomic mass is 15.0. The van der Waals surface area contributed by atoms with Crippen LogP contribution < -0.4 is 0 Å². The fourth-order valence-electron chi connectivity index (χ4n) is 7.33. The van der Waals surface area contributed by atoms with Crippen LogP contribution in [0.1, 0.15) is 11.1 Å². The summed E-state index contributed by atoms with van der Waals surface area (Å²) < 4.78 is 4.53. The van der Waals surface area contributed by atoms with Crippen LogP contribution in [-0.2, 0) is 0 Å². The molecule has 0 aliphatic rings. The molecule has 0 radical (unpaired) electrons. The molecule has 0 saturated carbocycles. The van der Waals surface area contributed by atoms with E-state index in [0.717, 1.165) is 66.5 Å². The van der Waals surface area contributed by atoms with Gasteiger partial charge in [0.25, 0.3) is 0 Å². The molecule has 7 aromatic carbocycles. The van der Waals surface area contributed by atoms with Crippen LogP contribution >= 0.6 is 0 Å². The van der Waals surface area contributed by atoms with Crippen molar-refractivity contribution >= 4 is 43.6 Å². The van der Waals surface area contributed by atoms with Gasteiger partial charge in [-0.05, 0) is 71.3 Å². The first-order chi connectivity index (χ1) is 23.7. The van der Waals surface area contributed by atoms with Gasteiger partial charge in [0.1, 0.15) is 0 Å². The molecule has 2 heterocycles. The molecule has 0 fully saturated rings. The van der Waals surface area contributed by atoms with Crippen LogP contribution in [0, 0.1) is 22.7 Å². The van der Waals surface area contributed by atoms with Crippen molar-refractivity contribution in [2.24, 2.45) is 0 Å². The van der Waals surface area contributed by atoms with Crippen molar-refractivity contribution in [2.45, 2.75) is 0 Å². The number of benzene rings is 7. The number of rotatable bonds is 4. The number of nitriles is 2. The lowest BCUT2D eigenvalue weighted by Crippen LogP contribution is -1.99. The zero-order valence-corrected chi connectivity index (χ0v) is 25.8. The summed E-state index contributed by atoms with van der Waals surface area (Å²) in [5.41, 5.74) is 11.5. The largest absolute Gasteiger partial charge is 0.309 e. The van der Waals surface area contributed by atoms with E-state index < -0.39 is 0 Å². The van der Waals surface area contributed by atoms with Crippen molar-refractivity contribution in [3.05, 3.63) is 169 Å². The molecule has 0 unspecified atom stereocenters. The zero-order valence-electron chi connectivity index (χ0n) is 25.8. The molecule has 0 aliphatic heterocycles. The van der Waals surface area contributed by atoms with Crippen molar-refractivity contribution in [1.82, 2.24) is 9.13 Å². The quantitative estimate of drug-likeness (QED) is 0.199. The molecule has 4 nitrogen and oxygen atoms in total. The summed E-state index contributed by atoms with van der Waals surface area (Å²) >= 11 is 0. The maximum Gasteiger partial charge on any atom is 0.0992 e. The molecule has 0 atom stereocenters. The summed E-state index contributed by atoms with van der Waals surface area (Å²) in [5.74, 6) is 0. The molecule has 0 N–H and O–H groups in total. The second-order valence-corrected chi connectivity index (χ2v) is 12.0. The van der Waals surface area contributed by atoms with Crippen molar-refractivity contribution < 1.29 is 0 Å². The Morgan fingerprint density at radius 2 is 0.896 bits per heavy atom. The predicted octanol–water partition coefficient (Wildman–Crippen LogP) is 11.0. The van der Waals surface area contributed by atoms with E-state index in [1.807, 2.05) is 42.5 Å². The third kappa shape index (κ3) is 4.14. The fourth-order valence-corrected chi connectivity index (χ4v) is 7.33. The van der Waals surface area contributed by atoms with Gasteiger partial charge in [-0.3, -0.25) is 0 Å². The van der Waals surface area contributed by atoms with Crippen LogP contribution in [0.25, 0.3) is 77.2 Å². The summed E-state index contributed by atoms with van der Waals surface area (Å²) in [6.45, 7) is 0. The molecular formula is C44H26N4. The molecule has 9 aromatic rings. The first-order valence-electron chi connectivity index (χ1n) is 15.9. The maximum absolute atomic E-state index is 10.3. The van der Waals surface area contributed by atoms with E-state index in [0.29, 0.717) is 11.1 Å². The second kappa shape index (κ2) is 10.9. The zero-order chi connectivity index (χ0) is 32.2. The maximum atomic E-state index is 10.3. The Morgan fingerprint density at radius 3 is 1.54 bits per heavy atom. The molecule has 4 heteroatoms. The third-order valence-electron chi connectivity index (χ3n) is 9.36. The average Bonchev–Trinajstić information content (AvgIpc) is 3.67. The number of aromatic nitrogens is 2. The molecular weight excluding hydrogens is 585 g/mol. The van der Waals surface area contributed by atoms with Gasteiger partial charge in [-0.1, -0.05) is 103 Å². The minimum atomic E-state index is 0.565. The van der Waals surface area contributed by atoms with E-state index in [4.69, 9.17) is 0 Å². The number of hydrogen-bond donors (Lipinski definition) is 0. The van der Waals surface area contributed by atoms with E-state index in [9.17, 15) is 10.5 Å². The molecule has 0 bridgehead atoms. The van der Waals surface area contributed by atoms with Gasteiger partial charge in [0.2, 0.25) is 0 Å². The molecule has 48 heavy (non-hydrogen) atoms. The lowest BCUT2D eigenvalue weighted by Gasteiger charge is -2.18. The van der Waals surface area contributed by atoms with Gasteiger partial charge < -0.3 is 9.13 Å². The normalized spacial score (nSPS) is 11.3. The van der Waals surface area contributed by atoms with Crippen LogP contribution in [0.4, 0.5) is 0 Å². The summed E-state index contributed by atoms with van der Waals surface area (Å²) in [4.78, 5) is 0. The third-order valence-corrected chi connectivity index (χ3v) is 9.36. The molecule has 0 spiro atoms. The van der Waals surface area contributed by atoms with Crippen LogP contribution in [-0.4, -0.2) is 9.13 Å². The van der Waals surface area contributed by atoms with E-state index in [-0.39, 0.29) is 0 Å². The van der Waals surface area contributed by atoms with E-state index in [1.54, 1.807) is 0 Å². The van der Waals surface area contributed by atoms with E-state index in [1.165, 1.54) is 10.8 Å². The Kier molecular flexibility index (Phi) is 6.22. The Hall–Kier alpha value is -6.88. The Labute approximate surface area is 277 Å². The lowest BCUT2D eigenvalue weighted by atomic mass is 9.92. The SMILES string of the molecule is N#Cc1cc(-c2ccccc2-c2ccccc2-n2c3ccccc3c3ccccc32)cc(-n2c3ccccc3c3ccc(C#N)cc32)c1. The Bertz CT molecular complexity index is 2760. The average molecular weight is 611 g/mol. The second-order valence-electron chi connectivity index (χ2n) is 12.0. The van der Waals surface area contributed by atoms with Crippen LogP contribution in [0.5, 0.6) is 0 Å². The highest BCUT2D eigenvalue weighted by molar-refractivity contribution is 6.11. The number of nitrogens with zero attached hydrogens (tertiary/aromatic N) is 4. The first-order valence-corrected chi connectivity index (χ1v) is 15.9. The van der Waals surface area contributed by atoms with Crippen molar-refractivity contribution in [3.63, 3.8) is 0 Å². The Balaban J connectivity index is 1.30. The van der Waals surface area contributed by atoms with E-state index in [2.05, 4.69) is 137 Å². The molecule has 2 aromatic heterocycles. The molecule has 0 amide bonds. The van der Waals surface area contributed by atoms with Gasteiger partial charge in [0.05, 0.1) is 51.0 Å².